The molecular formula is C17H17N3O3S. The van der Waals surface area contributed by atoms with E-state index in [4.69, 9.17) is 0 Å². The first-order chi connectivity index (χ1) is 11.5. The number of carbonyl (C=O) groups excluding carboxylic acids is 1. The second kappa shape index (κ2) is 6.45. The molecule has 0 aliphatic carbocycles. The molecule has 0 amide bonds. The highest BCUT2D eigenvalue weighted by Crippen LogP contribution is 2.21. The van der Waals surface area contributed by atoms with Gasteiger partial charge in [-0.15, -0.1) is 0 Å². The molecule has 0 radical (unpaired) electrons. The molecule has 0 aliphatic rings. The number of rotatable bonds is 6. The maximum Gasteiger partial charge on any atom is 0.232 e. The maximum absolute atomic E-state index is 12.7. The van der Waals surface area contributed by atoms with Gasteiger partial charge in [-0.25, -0.2) is 13.4 Å². The number of hydrogen-bond acceptors (Lipinski definition) is 4. The summed E-state index contributed by atoms with van der Waals surface area (Å²) in [5.74, 6) is -0.148. The molecule has 0 bridgehead atoms. The van der Waals surface area contributed by atoms with Gasteiger partial charge in [0.05, 0.1) is 5.75 Å². The Kier molecular flexibility index (Phi) is 4.35. The number of nitrogens with one attached hydrogen (secondary N) is 2. The van der Waals surface area contributed by atoms with Crippen molar-refractivity contribution in [3.8, 4) is 0 Å². The van der Waals surface area contributed by atoms with Crippen LogP contribution in [0.25, 0.3) is 11.0 Å². The van der Waals surface area contributed by atoms with Crippen molar-refractivity contribution in [2.75, 3.05) is 10.5 Å². The Labute approximate surface area is 140 Å². The molecular weight excluding hydrogens is 326 g/mol. The van der Waals surface area contributed by atoms with Gasteiger partial charge in [-0.05, 0) is 30.7 Å². The number of sulfonamides is 1. The van der Waals surface area contributed by atoms with Gasteiger partial charge in [-0.1, -0.05) is 19.1 Å². The average Bonchev–Trinajstić information content (AvgIpc) is 2.98. The number of aromatic amines is 1. The third-order valence-electron chi connectivity index (χ3n) is 3.57. The highest BCUT2D eigenvalue weighted by atomic mass is 32.2. The van der Waals surface area contributed by atoms with Crippen molar-refractivity contribution in [2.45, 2.75) is 13.3 Å². The largest absolute Gasteiger partial charge is 0.345 e. The number of carbonyl (C=O) groups is 1. The van der Waals surface area contributed by atoms with E-state index in [1.807, 2.05) is 6.07 Å². The Morgan fingerprint density at radius 3 is 2.88 bits per heavy atom. The van der Waals surface area contributed by atoms with Crippen LogP contribution in [0.15, 0.2) is 48.8 Å². The summed E-state index contributed by atoms with van der Waals surface area (Å²) in [7, 11) is -3.39. The first-order valence-corrected chi connectivity index (χ1v) is 9.23. The van der Waals surface area contributed by atoms with E-state index in [1.54, 1.807) is 49.6 Å². The Bertz CT molecular complexity index is 993. The first kappa shape index (κ1) is 16.2. The standard InChI is InChI=1S/C17H17N3O3S/c1-2-9-24(22,23)20-13-6-3-5-12(10-13)16(21)15-11-19-17-14(15)7-4-8-18-17/h3-8,10-11,20H,2,9H2,1H3,(H,18,19). The van der Waals surface area contributed by atoms with Crippen LogP contribution in [0.2, 0.25) is 0 Å². The normalized spacial score (nSPS) is 11.5. The minimum absolute atomic E-state index is 0.0410. The molecule has 0 saturated carbocycles. The lowest BCUT2D eigenvalue weighted by molar-refractivity contribution is 0.104. The zero-order valence-corrected chi connectivity index (χ0v) is 13.9. The van der Waals surface area contributed by atoms with Gasteiger partial charge < -0.3 is 4.98 Å². The van der Waals surface area contributed by atoms with Gasteiger partial charge in [-0.2, -0.15) is 0 Å². The molecule has 1 aromatic carbocycles. The van der Waals surface area contributed by atoms with Gasteiger partial charge in [0, 0.05) is 34.6 Å². The van der Waals surface area contributed by atoms with Crippen molar-refractivity contribution in [3.63, 3.8) is 0 Å². The van der Waals surface area contributed by atoms with E-state index >= 15 is 0 Å². The maximum atomic E-state index is 12.7. The number of ketones is 1. The monoisotopic (exact) mass is 343 g/mol. The molecule has 0 unspecified atom stereocenters. The lowest BCUT2D eigenvalue weighted by atomic mass is 10.0. The van der Waals surface area contributed by atoms with Gasteiger partial charge in [0.25, 0.3) is 0 Å². The topological polar surface area (TPSA) is 91.9 Å². The molecule has 2 heterocycles. The summed E-state index contributed by atoms with van der Waals surface area (Å²) in [5.41, 5.74) is 1.94. The van der Waals surface area contributed by atoms with Crippen LogP contribution in [0.1, 0.15) is 29.3 Å². The molecule has 24 heavy (non-hydrogen) atoms. The van der Waals surface area contributed by atoms with Crippen LogP contribution in [-0.2, 0) is 10.0 Å². The molecule has 0 spiro atoms. The quantitative estimate of drug-likeness (QED) is 0.673. The molecule has 6 nitrogen and oxygen atoms in total. The molecule has 0 saturated heterocycles. The Hall–Kier alpha value is -2.67. The van der Waals surface area contributed by atoms with Crippen molar-refractivity contribution in [3.05, 3.63) is 59.9 Å². The molecule has 3 aromatic rings. The zero-order valence-electron chi connectivity index (χ0n) is 13.1. The van der Waals surface area contributed by atoms with Gasteiger partial charge in [-0.3, -0.25) is 9.52 Å². The van der Waals surface area contributed by atoms with Crippen LogP contribution < -0.4 is 4.72 Å². The van der Waals surface area contributed by atoms with Crippen molar-refractivity contribution < 1.29 is 13.2 Å². The van der Waals surface area contributed by atoms with E-state index < -0.39 is 10.0 Å². The van der Waals surface area contributed by atoms with E-state index in [1.165, 1.54) is 0 Å². The SMILES string of the molecule is CCCS(=O)(=O)Nc1cccc(C(=O)c2c[nH]c3ncccc23)c1. The number of anilines is 1. The molecule has 124 valence electrons. The van der Waals surface area contributed by atoms with Crippen LogP contribution in [0, 0.1) is 0 Å². The smallest absolute Gasteiger partial charge is 0.232 e. The number of aromatic nitrogens is 2. The minimum atomic E-state index is -3.39. The summed E-state index contributed by atoms with van der Waals surface area (Å²) in [6.45, 7) is 1.80. The molecule has 0 atom stereocenters. The summed E-state index contributed by atoms with van der Waals surface area (Å²) >= 11 is 0. The van der Waals surface area contributed by atoms with E-state index in [0.29, 0.717) is 28.9 Å². The molecule has 7 heteroatoms. The van der Waals surface area contributed by atoms with Gasteiger partial charge in [0.15, 0.2) is 5.78 Å². The van der Waals surface area contributed by atoms with Crippen LogP contribution >= 0.6 is 0 Å². The second-order valence-electron chi connectivity index (χ2n) is 5.43. The van der Waals surface area contributed by atoms with E-state index in [9.17, 15) is 13.2 Å². The van der Waals surface area contributed by atoms with Gasteiger partial charge in [0.2, 0.25) is 10.0 Å². The fourth-order valence-electron chi connectivity index (χ4n) is 2.52. The third kappa shape index (κ3) is 3.30. The molecule has 2 aromatic heterocycles. The number of benzene rings is 1. The molecule has 2 N–H and O–H groups in total. The van der Waals surface area contributed by atoms with E-state index in [2.05, 4.69) is 14.7 Å². The molecule has 0 aliphatic heterocycles. The molecule has 0 fully saturated rings. The summed E-state index contributed by atoms with van der Waals surface area (Å²) in [6.07, 6.45) is 3.79. The summed E-state index contributed by atoms with van der Waals surface area (Å²) in [6, 6.07) is 10.1. The fourth-order valence-corrected chi connectivity index (χ4v) is 3.65. The summed E-state index contributed by atoms with van der Waals surface area (Å²) in [4.78, 5) is 19.9. The predicted molar refractivity (Wildman–Crippen MR) is 93.7 cm³/mol. The summed E-state index contributed by atoms with van der Waals surface area (Å²) in [5, 5.41) is 0.736. The Balaban J connectivity index is 1.92. The summed E-state index contributed by atoms with van der Waals surface area (Å²) < 4.78 is 26.2. The van der Waals surface area contributed by atoms with Crippen molar-refractivity contribution in [1.29, 1.82) is 0 Å². The van der Waals surface area contributed by atoms with Crippen LogP contribution in [0.3, 0.4) is 0 Å². The Morgan fingerprint density at radius 1 is 1.25 bits per heavy atom. The minimum Gasteiger partial charge on any atom is -0.345 e. The number of nitrogens with zero attached hydrogens (tertiary/aromatic N) is 1. The lowest BCUT2D eigenvalue weighted by Crippen LogP contribution is -2.16. The van der Waals surface area contributed by atoms with Gasteiger partial charge >= 0.3 is 0 Å². The average molecular weight is 343 g/mol. The highest BCUT2D eigenvalue weighted by molar-refractivity contribution is 7.92. The number of hydrogen-bond donors (Lipinski definition) is 2. The number of pyridine rings is 1. The van der Waals surface area contributed by atoms with Crippen molar-refractivity contribution >= 4 is 32.5 Å². The van der Waals surface area contributed by atoms with Crippen molar-refractivity contribution in [1.82, 2.24) is 9.97 Å². The number of fused-ring (bicyclic) bond motifs is 1. The third-order valence-corrected chi connectivity index (χ3v) is 5.06. The van der Waals surface area contributed by atoms with Crippen LogP contribution in [0.5, 0.6) is 0 Å². The second-order valence-corrected chi connectivity index (χ2v) is 7.27. The molecule has 3 rings (SSSR count). The predicted octanol–water partition coefficient (Wildman–Crippen LogP) is 2.95. The first-order valence-electron chi connectivity index (χ1n) is 7.57. The van der Waals surface area contributed by atoms with Crippen LogP contribution in [-0.4, -0.2) is 29.9 Å². The lowest BCUT2D eigenvalue weighted by Gasteiger charge is -2.08. The van der Waals surface area contributed by atoms with Gasteiger partial charge in [0.1, 0.15) is 5.65 Å². The highest BCUT2D eigenvalue weighted by Gasteiger charge is 2.16. The number of H-pyrrole nitrogens is 1. The Morgan fingerprint density at radius 2 is 2.08 bits per heavy atom. The van der Waals surface area contributed by atoms with Crippen LogP contribution in [0.4, 0.5) is 5.69 Å². The zero-order chi connectivity index (χ0) is 17.2. The van der Waals surface area contributed by atoms with Crippen molar-refractivity contribution in [2.24, 2.45) is 0 Å². The van der Waals surface area contributed by atoms with E-state index in [-0.39, 0.29) is 11.5 Å². The fraction of sp³-hybridized carbons (Fsp3) is 0.176. The van der Waals surface area contributed by atoms with E-state index in [0.717, 1.165) is 5.39 Å².